The highest BCUT2D eigenvalue weighted by Crippen LogP contribution is 2.21. The van der Waals surface area contributed by atoms with E-state index in [4.69, 9.17) is 11.6 Å². The smallest absolute Gasteiger partial charge is 0.333 e. The second kappa shape index (κ2) is 12.2. The van der Waals surface area contributed by atoms with E-state index in [9.17, 15) is 22.6 Å². The molecule has 0 spiro atoms. The van der Waals surface area contributed by atoms with Gasteiger partial charge >= 0.3 is 5.69 Å². The van der Waals surface area contributed by atoms with Crippen molar-refractivity contribution in [3.05, 3.63) is 121 Å². The first-order valence-electron chi connectivity index (χ1n) is 12.9. The molecule has 2 heterocycles. The van der Waals surface area contributed by atoms with Gasteiger partial charge in [0.15, 0.2) is 5.65 Å². The average molecular weight is 598 g/mol. The van der Waals surface area contributed by atoms with Crippen LogP contribution in [0.3, 0.4) is 0 Å². The van der Waals surface area contributed by atoms with Crippen LogP contribution in [0, 0.1) is 11.6 Å². The molecular weight excluding hydrogens is 572 g/mol. The fraction of sp³-hybridized carbons (Fsp3) is 0.207. The van der Waals surface area contributed by atoms with E-state index in [1.54, 1.807) is 30.3 Å². The first kappa shape index (κ1) is 28.4. The molecule has 5 rings (SSSR count). The minimum absolute atomic E-state index is 0.113. The zero-order valence-corrected chi connectivity index (χ0v) is 23.6. The van der Waals surface area contributed by atoms with Crippen LogP contribution < -0.4 is 16.0 Å². The molecule has 0 aliphatic carbocycles. The second-order valence-electron chi connectivity index (χ2n) is 9.47. The molecule has 12 heteroatoms. The number of aromatic amines is 1. The number of hydrogen-bond donors (Lipinski definition) is 2. The number of halogens is 3. The monoisotopic (exact) mass is 597 g/mol. The number of aromatic nitrogens is 4. The van der Waals surface area contributed by atoms with E-state index in [1.165, 1.54) is 22.8 Å². The normalized spacial score (nSPS) is 12.1. The number of unbranched alkanes of at least 4 members (excludes halogenated alkanes) is 1. The van der Waals surface area contributed by atoms with Gasteiger partial charge in [-0.15, -0.1) is 0 Å². The maximum atomic E-state index is 14.3. The minimum Gasteiger partial charge on any atom is -0.336 e. The lowest BCUT2D eigenvalue weighted by atomic mass is 10.1. The molecule has 2 N–H and O–H groups in total. The van der Waals surface area contributed by atoms with Crippen LogP contribution in [0.2, 0.25) is 5.02 Å². The Morgan fingerprint density at radius 3 is 2.46 bits per heavy atom. The van der Waals surface area contributed by atoms with Crippen LogP contribution in [0.5, 0.6) is 0 Å². The summed E-state index contributed by atoms with van der Waals surface area (Å²) in [6.07, 6.45) is 1.87. The zero-order chi connectivity index (χ0) is 29.1. The quantitative estimate of drug-likeness (QED) is 0.225. The van der Waals surface area contributed by atoms with Gasteiger partial charge in [0, 0.05) is 24.2 Å². The molecule has 5 aromatic rings. The van der Waals surface area contributed by atoms with Crippen molar-refractivity contribution in [2.75, 3.05) is 4.72 Å². The summed E-state index contributed by atoms with van der Waals surface area (Å²) in [5.41, 5.74) is 0.996. The lowest BCUT2D eigenvalue weighted by Crippen LogP contribution is -2.40. The average Bonchev–Trinajstić information content (AvgIpc) is 3.38. The van der Waals surface area contributed by atoms with Gasteiger partial charge in [0.05, 0.1) is 16.5 Å². The number of benzene rings is 3. The summed E-state index contributed by atoms with van der Waals surface area (Å²) in [5, 5.41) is -0.113. The van der Waals surface area contributed by atoms with Crippen LogP contribution >= 0.6 is 11.6 Å². The summed E-state index contributed by atoms with van der Waals surface area (Å²) in [6.45, 7) is 2.17. The molecule has 0 saturated carbocycles. The molecule has 212 valence electrons. The number of aryl methyl sites for hydroxylation is 1. The molecule has 1 atom stereocenters. The van der Waals surface area contributed by atoms with Crippen molar-refractivity contribution < 1.29 is 13.0 Å². The summed E-state index contributed by atoms with van der Waals surface area (Å²) in [5.74, 6) is -0.600. The SMILES string of the molecule is CCCCn1c(=O)n(Cc2ccccc2F)c(=O)c2[nH]c(Cc3ccc(NS(=O)c4ccc(F)c(Cl)c4)cc3)nc21. The molecule has 0 aliphatic heterocycles. The third kappa shape index (κ3) is 6.15. The van der Waals surface area contributed by atoms with Gasteiger partial charge in [-0.1, -0.05) is 55.3 Å². The van der Waals surface area contributed by atoms with Crippen LogP contribution in [0.4, 0.5) is 14.5 Å². The van der Waals surface area contributed by atoms with Gasteiger partial charge in [0.2, 0.25) is 0 Å². The van der Waals surface area contributed by atoms with Crippen molar-refractivity contribution in [1.29, 1.82) is 0 Å². The van der Waals surface area contributed by atoms with Crippen molar-refractivity contribution in [2.45, 2.75) is 44.2 Å². The molecule has 41 heavy (non-hydrogen) atoms. The zero-order valence-electron chi connectivity index (χ0n) is 22.0. The maximum Gasteiger partial charge on any atom is 0.333 e. The Morgan fingerprint density at radius 2 is 1.76 bits per heavy atom. The molecule has 0 radical (unpaired) electrons. The largest absolute Gasteiger partial charge is 0.336 e. The number of imidazole rings is 1. The second-order valence-corrected chi connectivity index (χ2v) is 11.1. The Morgan fingerprint density at radius 1 is 1.00 bits per heavy atom. The molecule has 0 amide bonds. The Balaban J connectivity index is 1.41. The van der Waals surface area contributed by atoms with E-state index in [2.05, 4.69) is 14.7 Å². The summed E-state index contributed by atoms with van der Waals surface area (Å²) in [4.78, 5) is 34.7. The number of rotatable bonds is 10. The lowest BCUT2D eigenvalue weighted by Gasteiger charge is -2.11. The molecule has 0 aliphatic rings. The maximum absolute atomic E-state index is 14.3. The van der Waals surface area contributed by atoms with Crippen LogP contribution in [0.25, 0.3) is 11.2 Å². The Kier molecular flexibility index (Phi) is 8.46. The Hall–Kier alpha value is -4.09. The predicted octanol–water partition coefficient (Wildman–Crippen LogP) is 5.39. The number of nitrogens with one attached hydrogen (secondary N) is 2. The molecule has 1 unspecified atom stereocenters. The van der Waals surface area contributed by atoms with Gasteiger partial charge in [0.25, 0.3) is 5.56 Å². The van der Waals surface area contributed by atoms with Gasteiger partial charge in [-0.2, -0.15) is 0 Å². The van der Waals surface area contributed by atoms with E-state index in [-0.39, 0.29) is 28.3 Å². The number of hydrogen-bond acceptors (Lipinski definition) is 4. The van der Waals surface area contributed by atoms with E-state index in [0.29, 0.717) is 35.8 Å². The Bertz CT molecular complexity index is 1870. The molecule has 0 saturated heterocycles. The number of nitrogens with zero attached hydrogens (tertiary/aromatic N) is 3. The fourth-order valence-corrected chi connectivity index (χ4v) is 5.52. The van der Waals surface area contributed by atoms with E-state index in [0.717, 1.165) is 22.6 Å². The summed E-state index contributed by atoms with van der Waals surface area (Å²) < 4.78 is 45.7. The van der Waals surface area contributed by atoms with Crippen molar-refractivity contribution in [2.24, 2.45) is 0 Å². The topological polar surface area (TPSA) is 102 Å². The number of H-pyrrole nitrogens is 1. The van der Waals surface area contributed by atoms with E-state index < -0.39 is 33.9 Å². The van der Waals surface area contributed by atoms with Gasteiger partial charge in [-0.25, -0.2) is 22.8 Å². The molecule has 0 fully saturated rings. The van der Waals surface area contributed by atoms with E-state index in [1.807, 2.05) is 19.1 Å². The van der Waals surface area contributed by atoms with Crippen molar-refractivity contribution in [1.82, 2.24) is 19.1 Å². The summed E-state index contributed by atoms with van der Waals surface area (Å²) in [7, 11) is -1.65. The minimum atomic E-state index is -1.65. The fourth-order valence-electron chi connectivity index (χ4n) is 4.39. The third-order valence-corrected chi connectivity index (χ3v) is 7.97. The van der Waals surface area contributed by atoms with Gasteiger partial charge < -0.3 is 9.71 Å². The van der Waals surface area contributed by atoms with E-state index >= 15 is 0 Å². The molecular formula is C29H26ClF2N5O3S. The van der Waals surface area contributed by atoms with Crippen molar-refractivity contribution in [3.63, 3.8) is 0 Å². The van der Waals surface area contributed by atoms with Crippen LogP contribution in [0.15, 0.2) is 81.2 Å². The molecule has 3 aromatic carbocycles. The first-order valence-corrected chi connectivity index (χ1v) is 14.5. The standard InChI is InChI=1S/C29H26ClF2N5O3S/c1-2-3-14-36-27-26(28(38)37(29(36)39)17-19-6-4-5-7-23(19)31)33-25(34-27)15-18-8-10-20(11-9-18)35-41(40)21-12-13-24(32)22(30)16-21/h4-13,16,35H,2-3,14-15,17H2,1H3,(H,33,34). The highest BCUT2D eigenvalue weighted by atomic mass is 35.5. The van der Waals surface area contributed by atoms with Crippen molar-refractivity contribution >= 4 is 39.4 Å². The molecule has 2 aromatic heterocycles. The van der Waals surface area contributed by atoms with Gasteiger partial charge in [-0.05, 0) is 48.4 Å². The van der Waals surface area contributed by atoms with Gasteiger partial charge in [-0.3, -0.25) is 13.9 Å². The van der Waals surface area contributed by atoms with Gasteiger partial charge in [0.1, 0.15) is 34.0 Å². The highest BCUT2D eigenvalue weighted by Gasteiger charge is 2.18. The molecule has 8 nitrogen and oxygen atoms in total. The lowest BCUT2D eigenvalue weighted by molar-refractivity contribution is 0.553. The Labute approximate surface area is 241 Å². The van der Waals surface area contributed by atoms with Crippen LogP contribution in [0.1, 0.15) is 36.7 Å². The third-order valence-electron chi connectivity index (χ3n) is 6.57. The summed E-state index contributed by atoms with van der Waals surface area (Å²) >= 11 is 5.79. The summed E-state index contributed by atoms with van der Waals surface area (Å²) in [6, 6.07) is 17.0. The first-order chi connectivity index (χ1) is 19.7. The molecule has 0 bridgehead atoms. The predicted molar refractivity (Wildman–Crippen MR) is 156 cm³/mol. The van der Waals surface area contributed by atoms with Crippen molar-refractivity contribution in [3.8, 4) is 0 Å². The van der Waals surface area contributed by atoms with Crippen LogP contribution in [-0.2, 0) is 30.5 Å². The van der Waals surface area contributed by atoms with Crippen LogP contribution in [-0.4, -0.2) is 23.3 Å². The highest BCUT2D eigenvalue weighted by molar-refractivity contribution is 7.86. The number of fused-ring (bicyclic) bond motifs is 1. The number of anilines is 1.